The van der Waals surface area contributed by atoms with E-state index in [1.54, 1.807) is 24.3 Å². The molecule has 1 aliphatic rings. The molecule has 3 aromatic rings. The number of aliphatic imine (C=N–C) groups is 1. The summed E-state index contributed by atoms with van der Waals surface area (Å²) in [5.74, 6) is -0.205. The molecule has 0 bridgehead atoms. The van der Waals surface area contributed by atoms with Gasteiger partial charge >= 0.3 is 0 Å². The minimum Gasteiger partial charge on any atom is -0.332 e. The highest BCUT2D eigenvalue weighted by atomic mass is 35.5. The molecule has 2 heterocycles. The van der Waals surface area contributed by atoms with E-state index in [9.17, 15) is 4.79 Å². The summed E-state index contributed by atoms with van der Waals surface area (Å²) >= 11 is 14.8. The van der Waals surface area contributed by atoms with Crippen LogP contribution in [0.3, 0.4) is 0 Å². The molecule has 0 spiro atoms. The predicted molar refractivity (Wildman–Crippen MR) is 123 cm³/mol. The third kappa shape index (κ3) is 4.93. The van der Waals surface area contributed by atoms with E-state index in [0.717, 1.165) is 16.5 Å². The molecule has 0 saturated carbocycles. The zero-order chi connectivity index (χ0) is 20.4. The quantitative estimate of drug-likeness (QED) is 0.487. The number of benzene rings is 2. The lowest BCUT2D eigenvalue weighted by atomic mass is 10.2. The van der Waals surface area contributed by atoms with Gasteiger partial charge < -0.3 is 10.6 Å². The standard InChI is InChI=1S/C20H16Cl2N4OS2/c1-11-17(16-10-28-19(25-16)24-15-8-6-14(22)7-9-15)29-20(23-11)26-18(27)12-2-4-13(21)5-3-12/h2-11,17H,1H3,(H,24,25)(H,23,26,27). The lowest BCUT2D eigenvalue weighted by molar-refractivity contribution is 0.0978. The molecule has 1 amide bonds. The van der Waals surface area contributed by atoms with Gasteiger partial charge in [0.15, 0.2) is 10.3 Å². The first kappa shape index (κ1) is 20.2. The summed E-state index contributed by atoms with van der Waals surface area (Å²) in [4.78, 5) is 21.7. The first-order chi connectivity index (χ1) is 14.0. The van der Waals surface area contributed by atoms with Gasteiger partial charge in [-0.2, -0.15) is 0 Å². The van der Waals surface area contributed by atoms with Crippen molar-refractivity contribution in [3.8, 4) is 0 Å². The van der Waals surface area contributed by atoms with Crippen molar-refractivity contribution in [2.24, 2.45) is 4.99 Å². The van der Waals surface area contributed by atoms with Gasteiger partial charge in [-0.1, -0.05) is 35.0 Å². The Morgan fingerprint density at radius 2 is 1.69 bits per heavy atom. The molecule has 5 nitrogen and oxygen atoms in total. The Morgan fingerprint density at radius 3 is 2.38 bits per heavy atom. The van der Waals surface area contributed by atoms with E-state index in [0.29, 0.717) is 20.8 Å². The van der Waals surface area contributed by atoms with E-state index < -0.39 is 0 Å². The molecule has 0 radical (unpaired) electrons. The molecule has 148 valence electrons. The molecule has 0 aliphatic carbocycles. The predicted octanol–water partition coefficient (Wildman–Crippen LogP) is 6.16. The van der Waals surface area contributed by atoms with E-state index in [-0.39, 0.29) is 17.2 Å². The van der Waals surface area contributed by atoms with Crippen LogP contribution in [0.15, 0.2) is 58.9 Å². The van der Waals surface area contributed by atoms with Crippen molar-refractivity contribution in [1.82, 2.24) is 10.3 Å². The van der Waals surface area contributed by atoms with Crippen LogP contribution in [-0.4, -0.2) is 22.1 Å². The molecular formula is C20H16Cl2N4OS2. The van der Waals surface area contributed by atoms with Crippen LogP contribution < -0.4 is 10.6 Å². The molecule has 9 heteroatoms. The molecule has 2 aromatic carbocycles. The number of carbonyl (C=O) groups is 1. The van der Waals surface area contributed by atoms with E-state index in [2.05, 4.69) is 15.6 Å². The third-order valence-electron chi connectivity index (χ3n) is 4.23. The molecule has 0 saturated heterocycles. The highest BCUT2D eigenvalue weighted by Gasteiger charge is 2.31. The Balaban J connectivity index is 1.39. The fourth-order valence-electron chi connectivity index (χ4n) is 2.77. The van der Waals surface area contributed by atoms with Crippen molar-refractivity contribution >= 4 is 68.2 Å². The molecule has 4 rings (SSSR count). The normalized spacial score (nSPS) is 18.4. The SMILES string of the molecule is CC1N=C(NC(=O)c2ccc(Cl)cc2)SC1c1csc(Nc2ccc(Cl)cc2)n1. The minimum absolute atomic E-state index is 0.00556. The van der Waals surface area contributed by atoms with Crippen LogP contribution in [0.25, 0.3) is 0 Å². The van der Waals surface area contributed by atoms with Gasteiger partial charge in [0.1, 0.15) is 0 Å². The van der Waals surface area contributed by atoms with E-state index in [1.165, 1.54) is 23.1 Å². The number of thioether (sulfide) groups is 1. The second kappa shape index (κ2) is 8.75. The van der Waals surface area contributed by atoms with Crippen LogP contribution >= 0.6 is 46.3 Å². The first-order valence-corrected chi connectivity index (χ1v) is 11.3. The number of nitrogens with zero attached hydrogens (tertiary/aromatic N) is 2. The number of hydrogen-bond acceptors (Lipinski definition) is 6. The van der Waals surface area contributed by atoms with Crippen LogP contribution in [0.4, 0.5) is 10.8 Å². The van der Waals surface area contributed by atoms with Crippen LogP contribution in [0, 0.1) is 0 Å². The van der Waals surface area contributed by atoms with Crippen LogP contribution in [0.1, 0.15) is 28.2 Å². The van der Waals surface area contributed by atoms with Crippen molar-refractivity contribution < 1.29 is 4.79 Å². The van der Waals surface area contributed by atoms with Crippen molar-refractivity contribution in [2.75, 3.05) is 5.32 Å². The maximum absolute atomic E-state index is 12.4. The summed E-state index contributed by atoms with van der Waals surface area (Å²) in [6, 6.07) is 14.2. The van der Waals surface area contributed by atoms with E-state index in [4.69, 9.17) is 28.2 Å². The van der Waals surface area contributed by atoms with E-state index in [1.807, 2.05) is 36.6 Å². The molecule has 29 heavy (non-hydrogen) atoms. The number of aromatic nitrogens is 1. The van der Waals surface area contributed by atoms with Crippen LogP contribution in [0.5, 0.6) is 0 Å². The summed E-state index contributed by atoms with van der Waals surface area (Å²) < 4.78 is 0. The van der Waals surface area contributed by atoms with Crippen LogP contribution in [0.2, 0.25) is 10.0 Å². The average molecular weight is 463 g/mol. The zero-order valence-corrected chi connectivity index (χ0v) is 18.4. The molecule has 2 unspecified atom stereocenters. The van der Waals surface area contributed by atoms with Gasteiger partial charge in [-0.05, 0) is 55.5 Å². The zero-order valence-electron chi connectivity index (χ0n) is 15.2. The minimum atomic E-state index is -0.205. The lowest BCUT2D eigenvalue weighted by Gasteiger charge is -2.10. The maximum atomic E-state index is 12.4. The van der Waals surface area contributed by atoms with Gasteiger partial charge in [0.05, 0.1) is 17.0 Å². The second-order valence-corrected chi connectivity index (χ2v) is 9.24. The lowest BCUT2D eigenvalue weighted by Crippen LogP contribution is -2.27. The summed E-state index contributed by atoms with van der Waals surface area (Å²) in [5, 5.41) is 10.9. The second-order valence-electron chi connectivity index (χ2n) is 6.38. The highest BCUT2D eigenvalue weighted by Crippen LogP contribution is 2.40. The fraction of sp³-hybridized carbons (Fsp3) is 0.150. The summed E-state index contributed by atoms with van der Waals surface area (Å²) in [5.41, 5.74) is 2.40. The molecule has 2 N–H and O–H groups in total. The van der Waals surface area contributed by atoms with Crippen molar-refractivity contribution in [1.29, 1.82) is 0 Å². The maximum Gasteiger partial charge on any atom is 0.257 e. The number of carbonyl (C=O) groups excluding carboxylic acids is 1. The number of thiazole rings is 1. The Labute approximate surface area is 186 Å². The van der Waals surface area contributed by atoms with Gasteiger partial charge in [0.2, 0.25) is 0 Å². The topological polar surface area (TPSA) is 66.4 Å². The van der Waals surface area contributed by atoms with Gasteiger partial charge in [0.25, 0.3) is 5.91 Å². The van der Waals surface area contributed by atoms with Gasteiger partial charge in [-0.25, -0.2) is 4.98 Å². The molecule has 2 atom stereocenters. The van der Waals surface area contributed by atoms with Crippen molar-refractivity contribution in [3.05, 3.63) is 75.2 Å². The number of amides is 1. The summed E-state index contributed by atoms with van der Waals surface area (Å²) in [6.07, 6.45) is 0. The fourth-order valence-corrected chi connectivity index (χ4v) is 5.00. The first-order valence-electron chi connectivity index (χ1n) is 8.77. The molecule has 1 aliphatic heterocycles. The Hall–Kier alpha value is -2.06. The number of amidine groups is 1. The third-order valence-corrected chi connectivity index (χ3v) is 6.83. The van der Waals surface area contributed by atoms with Crippen molar-refractivity contribution in [2.45, 2.75) is 18.2 Å². The summed E-state index contributed by atoms with van der Waals surface area (Å²) in [7, 11) is 0. The number of rotatable bonds is 4. The number of halogens is 2. The van der Waals surface area contributed by atoms with E-state index >= 15 is 0 Å². The molecular weight excluding hydrogens is 447 g/mol. The van der Waals surface area contributed by atoms with Crippen molar-refractivity contribution in [3.63, 3.8) is 0 Å². The Bertz CT molecular complexity index is 1050. The Kier molecular flexibility index (Phi) is 6.10. The largest absolute Gasteiger partial charge is 0.332 e. The summed E-state index contributed by atoms with van der Waals surface area (Å²) in [6.45, 7) is 2.02. The molecule has 1 aromatic heterocycles. The number of anilines is 2. The molecule has 0 fully saturated rings. The van der Waals surface area contributed by atoms with Gasteiger partial charge in [0, 0.05) is 26.7 Å². The smallest absolute Gasteiger partial charge is 0.257 e. The highest BCUT2D eigenvalue weighted by molar-refractivity contribution is 8.14. The number of nitrogens with one attached hydrogen (secondary N) is 2. The Morgan fingerprint density at radius 1 is 1.03 bits per heavy atom. The monoisotopic (exact) mass is 462 g/mol. The average Bonchev–Trinajstić information content (AvgIpc) is 3.30. The van der Waals surface area contributed by atoms with Gasteiger partial charge in [-0.15, -0.1) is 11.3 Å². The number of hydrogen-bond donors (Lipinski definition) is 2. The van der Waals surface area contributed by atoms with Gasteiger partial charge in [-0.3, -0.25) is 9.79 Å². The van der Waals surface area contributed by atoms with Crippen LogP contribution in [-0.2, 0) is 0 Å².